The predicted octanol–water partition coefficient (Wildman–Crippen LogP) is 1.83. The van der Waals surface area contributed by atoms with Crippen LogP contribution in [0.1, 0.15) is 16.1 Å². The molecule has 0 spiro atoms. The molecule has 0 saturated heterocycles. The molecule has 0 aliphatic heterocycles. The molecule has 0 aliphatic rings. The number of ether oxygens (including phenoxy) is 2. The van der Waals surface area contributed by atoms with Crippen LogP contribution in [-0.2, 0) is 11.3 Å². The van der Waals surface area contributed by atoms with Crippen LogP contribution in [0.3, 0.4) is 0 Å². The third-order valence-electron chi connectivity index (χ3n) is 1.86. The van der Waals surface area contributed by atoms with E-state index in [1.807, 2.05) is 0 Å². The first-order valence-corrected chi connectivity index (χ1v) is 5.59. The first kappa shape index (κ1) is 15.0. The predicted molar refractivity (Wildman–Crippen MR) is 62.9 cm³/mol. The number of alkyl halides is 3. The highest BCUT2D eigenvalue weighted by atomic mass is 127. The highest BCUT2D eigenvalue weighted by Gasteiger charge is 2.35. The Labute approximate surface area is 114 Å². The van der Waals surface area contributed by atoms with Crippen LogP contribution in [0.25, 0.3) is 0 Å². The Morgan fingerprint density at radius 3 is 2.61 bits per heavy atom. The number of nitrogens with two attached hydrogens (primary N) is 1. The monoisotopic (exact) mass is 376 g/mol. The van der Waals surface area contributed by atoms with Gasteiger partial charge in [-0.2, -0.15) is 0 Å². The fraction of sp³-hybridized carbons (Fsp3) is 0.333. The fourth-order valence-electron chi connectivity index (χ4n) is 1.12. The molecule has 0 aromatic carbocycles. The lowest BCUT2D eigenvalue weighted by atomic mass is 10.2. The van der Waals surface area contributed by atoms with Gasteiger partial charge in [-0.15, -0.1) is 13.2 Å². The third kappa shape index (κ3) is 3.45. The van der Waals surface area contributed by atoms with Crippen LogP contribution < -0.4 is 10.5 Å². The number of methoxy groups -OCH3 is 1. The van der Waals surface area contributed by atoms with E-state index in [1.165, 1.54) is 0 Å². The summed E-state index contributed by atoms with van der Waals surface area (Å²) < 4.78 is 45.0. The van der Waals surface area contributed by atoms with Crippen molar-refractivity contribution in [2.24, 2.45) is 5.73 Å². The molecule has 0 fully saturated rings. The normalized spacial score (nSPS) is 11.2. The molecule has 0 aliphatic carbocycles. The van der Waals surface area contributed by atoms with Crippen molar-refractivity contribution in [2.45, 2.75) is 12.9 Å². The molecule has 0 saturated carbocycles. The molecule has 100 valence electrons. The Kier molecular flexibility index (Phi) is 4.73. The van der Waals surface area contributed by atoms with Crippen LogP contribution in [0.4, 0.5) is 13.2 Å². The molecule has 0 amide bonds. The summed E-state index contributed by atoms with van der Waals surface area (Å²) in [6.07, 6.45) is -3.98. The Balaban J connectivity index is 3.35. The van der Waals surface area contributed by atoms with Crippen molar-refractivity contribution in [3.05, 3.63) is 21.0 Å². The average Bonchev–Trinajstić information content (AvgIpc) is 2.29. The molecule has 1 rings (SSSR count). The summed E-state index contributed by atoms with van der Waals surface area (Å²) in [5.41, 5.74) is 5.11. The maximum Gasteiger partial charge on any atom is 0.573 e. The van der Waals surface area contributed by atoms with Gasteiger partial charge >= 0.3 is 12.3 Å². The zero-order valence-electron chi connectivity index (χ0n) is 9.05. The van der Waals surface area contributed by atoms with E-state index in [0.29, 0.717) is 0 Å². The maximum absolute atomic E-state index is 12.3. The van der Waals surface area contributed by atoms with Crippen molar-refractivity contribution in [2.75, 3.05) is 7.11 Å². The van der Waals surface area contributed by atoms with Gasteiger partial charge in [0.1, 0.15) is 5.56 Å². The summed E-state index contributed by atoms with van der Waals surface area (Å²) in [6.45, 7) is -0.0755. The third-order valence-corrected chi connectivity index (χ3v) is 2.98. The topological polar surface area (TPSA) is 74.4 Å². The Morgan fingerprint density at radius 2 is 2.17 bits per heavy atom. The molecule has 9 heteroatoms. The van der Waals surface area contributed by atoms with E-state index in [2.05, 4.69) is 14.5 Å². The van der Waals surface area contributed by atoms with Crippen molar-refractivity contribution >= 4 is 28.6 Å². The van der Waals surface area contributed by atoms with Crippen LogP contribution in [0, 0.1) is 3.57 Å². The van der Waals surface area contributed by atoms with E-state index in [1.54, 1.807) is 22.6 Å². The van der Waals surface area contributed by atoms with Crippen molar-refractivity contribution < 1.29 is 27.4 Å². The smallest absolute Gasteiger partial charge is 0.465 e. The van der Waals surface area contributed by atoms with Gasteiger partial charge in [0.2, 0.25) is 0 Å². The molecule has 18 heavy (non-hydrogen) atoms. The molecule has 5 nitrogen and oxygen atoms in total. The number of aromatic nitrogens is 1. The number of carbonyl (C=O) groups excluding carboxylic acids is 1. The van der Waals surface area contributed by atoms with Crippen LogP contribution >= 0.6 is 22.6 Å². The molecular formula is C9H8F3IN2O3. The lowest BCUT2D eigenvalue weighted by Gasteiger charge is -2.15. The molecule has 0 unspecified atom stereocenters. The van der Waals surface area contributed by atoms with Gasteiger partial charge in [-0.05, 0) is 22.6 Å². The zero-order chi connectivity index (χ0) is 13.9. The zero-order valence-corrected chi connectivity index (χ0v) is 11.2. The SMILES string of the molecule is COC(=O)c1cnc(CN)c(I)c1OC(F)(F)F. The van der Waals surface area contributed by atoms with Crippen LogP contribution in [0.15, 0.2) is 6.20 Å². The van der Waals surface area contributed by atoms with Gasteiger partial charge in [0.15, 0.2) is 5.75 Å². The number of carbonyl (C=O) groups is 1. The van der Waals surface area contributed by atoms with Gasteiger partial charge in [-0.3, -0.25) is 4.98 Å². The molecule has 0 atom stereocenters. The number of halogens is 4. The molecule has 1 aromatic rings. The minimum absolute atomic E-state index is 0.0234. The number of nitrogens with zero attached hydrogens (tertiary/aromatic N) is 1. The van der Waals surface area contributed by atoms with Crippen LogP contribution in [-0.4, -0.2) is 24.4 Å². The van der Waals surface area contributed by atoms with Crippen LogP contribution in [0.2, 0.25) is 0 Å². The first-order valence-electron chi connectivity index (χ1n) is 4.51. The van der Waals surface area contributed by atoms with E-state index < -0.39 is 23.6 Å². The van der Waals surface area contributed by atoms with Crippen molar-refractivity contribution in [3.8, 4) is 5.75 Å². The summed E-state index contributed by atoms with van der Waals surface area (Å²) in [5.74, 6) is -1.62. The van der Waals surface area contributed by atoms with Crippen molar-refractivity contribution in [1.29, 1.82) is 0 Å². The van der Waals surface area contributed by atoms with Gasteiger partial charge in [0.05, 0.1) is 16.4 Å². The minimum atomic E-state index is -4.92. The second kappa shape index (κ2) is 5.69. The van der Waals surface area contributed by atoms with E-state index in [0.717, 1.165) is 13.3 Å². The molecule has 0 radical (unpaired) electrons. The lowest BCUT2D eigenvalue weighted by Crippen LogP contribution is -2.21. The largest absolute Gasteiger partial charge is 0.573 e. The summed E-state index contributed by atoms with van der Waals surface area (Å²) in [5, 5.41) is 0. The lowest BCUT2D eigenvalue weighted by molar-refractivity contribution is -0.275. The van der Waals surface area contributed by atoms with Gasteiger partial charge < -0.3 is 15.2 Å². The van der Waals surface area contributed by atoms with Gasteiger partial charge in [-0.25, -0.2) is 4.79 Å². The highest BCUT2D eigenvalue weighted by Crippen LogP contribution is 2.32. The van der Waals surface area contributed by atoms with Crippen LogP contribution in [0.5, 0.6) is 5.75 Å². The average molecular weight is 376 g/mol. The number of rotatable bonds is 3. The quantitative estimate of drug-likeness (QED) is 0.644. The maximum atomic E-state index is 12.3. The Bertz CT molecular complexity index is 465. The molecular weight excluding hydrogens is 368 g/mol. The summed E-state index contributed by atoms with van der Waals surface area (Å²) in [6, 6.07) is 0. The van der Waals surface area contributed by atoms with E-state index >= 15 is 0 Å². The number of esters is 1. The molecule has 1 aromatic heterocycles. The fourth-order valence-corrected chi connectivity index (χ4v) is 1.88. The van der Waals surface area contributed by atoms with E-state index in [9.17, 15) is 18.0 Å². The number of hydrogen-bond acceptors (Lipinski definition) is 5. The summed E-state index contributed by atoms with van der Waals surface area (Å²) in [7, 11) is 1.05. The minimum Gasteiger partial charge on any atom is -0.465 e. The van der Waals surface area contributed by atoms with E-state index in [-0.39, 0.29) is 15.8 Å². The van der Waals surface area contributed by atoms with E-state index in [4.69, 9.17) is 5.73 Å². The standard InChI is InChI=1S/C9H8F3IN2O3/c1-17-8(16)4-3-15-5(2-14)6(13)7(4)18-9(10,11)12/h3H,2,14H2,1H3. The van der Waals surface area contributed by atoms with Crippen molar-refractivity contribution in [3.63, 3.8) is 0 Å². The number of pyridine rings is 1. The van der Waals surface area contributed by atoms with Gasteiger partial charge in [0, 0.05) is 12.7 Å². The first-order chi connectivity index (χ1) is 8.30. The Morgan fingerprint density at radius 1 is 1.56 bits per heavy atom. The highest BCUT2D eigenvalue weighted by molar-refractivity contribution is 14.1. The second-order valence-corrected chi connectivity index (χ2v) is 4.08. The van der Waals surface area contributed by atoms with Crippen molar-refractivity contribution in [1.82, 2.24) is 4.98 Å². The molecule has 2 N–H and O–H groups in total. The summed E-state index contributed by atoms with van der Waals surface area (Å²) in [4.78, 5) is 15.1. The Hall–Kier alpha value is -1.10. The van der Waals surface area contributed by atoms with Gasteiger partial charge in [-0.1, -0.05) is 0 Å². The molecule has 0 bridgehead atoms. The second-order valence-electron chi connectivity index (χ2n) is 3.01. The summed E-state index contributed by atoms with van der Waals surface area (Å²) >= 11 is 1.58. The number of hydrogen-bond donors (Lipinski definition) is 1. The molecule has 1 heterocycles. The van der Waals surface area contributed by atoms with Gasteiger partial charge in [0.25, 0.3) is 0 Å².